The quantitative estimate of drug-likeness (QED) is 0.847. The Hall–Kier alpha value is -1.06. The molecule has 1 atom stereocenters. The molecular weight excluding hydrogens is 264 g/mol. The fourth-order valence-electron chi connectivity index (χ4n) is 4.15. The summed E-state index contributed by atoms with van der Waals surface area (Å²) in [6, 6.07) is -0.322. The zero-order valence-corrected chi connectivity index (χ0v) is 13.8. The molecule has 1 unspecified atom stereocenters. The Morgan fingerprint density at radius 3 is 2.52 bits per heavy atom. The molecule has 4 nitrogen and oxygen atoms in total. The Morgan fingerprint density at radius 1 is 1.29 bits per heavy atom. The molecule has 2 amide bonds. The summed E-state index contributed by atoms with van der Waals surface area (Å²) in [7, 11) is 0. The molecule has 21 heavy (non-hydrogen) atoms. The van der Waals surface area contributed by atoms with E-state index < -0.39 is 0 Å². The largest absolute Gasteiger partial charge is 0.344 e. The predicted molar refractivity (Wildman–Crippen MR) is 83.8 cm³/mol. The molecule has 0 bridgehead atoms. The fraction of sp³-hybridized carbons (Fsp3) is 0.882. The van der Waals surface area contributed by atoms with Gasteiger partial charge in [-0.05, 0) is 37.0 Å². The molecule has 1 saturated heterocycles. The molecule has 2 fully saturated rings. The molecule has 120 valence electrons. The van der Waals surface area contributed by atoms with Crippen molar-refractivity contribution in [3.8, 4) is 0 Å². The monoisotopic (exact) mass is 294 g/mol. The average molecular weight is 294 g/mol. The summed E-state index contributed by atoms with van der Waals surface area (Å²) in [5.74, 6) is 0.798. The van der Waals surface area contributed by atoms with Crippen LogP contribution < -0.4 is 5.32 Å². The lowest BCUT2D eigenvalue weighted by Crippen LogP contribution is -2.47. The van der Waals surface area contributed by atoms with E-state index in [9.17, 15) is 9.59 Å². The van der Waals surface area contributed by atoms with Gasteiger partial charge in [0.25, 0.3) is 0 Å². The second-order valence-corrected chi connectivity index (χ2v) is 7.34. The third-order valence-electron chi connectivity index (χ3n) is 4.99. The predicted octanol–water partition coefficient (Wildman–Crippen LogP) is 2.72. The Kier molecular flexibility index (Phi) is 5.28. The number of nitrogens with zero attached hydrogens (tertiary/aromatic N) is 1. The SMILES string of the molecule is CCC1NC(=O)CCN(CC2(CC(C)C)CCCC2)C1=O. The van der Waals surface area contributed by atoms with Crippen LogP contribution in [0.1, 0.15) is 65.7 Å². The average Bonchev–Trinajstić information content (AvgIpc) is 2.82. The van der Waals surface area contributed by atoms with Crippen molar-refractivity contribution in [1.29, 1.82) is 0 Å². The second kappa shape index (κ2) is 6.80. The van der Waals surface area contributed by atoms with Crippen LogP contribution in [0.2, 0.25) is 0 Å². The van der Waals surface area contributed by atoms with E-state index in [0.29, 0.717) is 25.3 Å². The Balaban J connectivity index is 2.11. The van der Waals surface area contributed by atoms with Gasteiger partial charge < -0.3 is 10.2 Å². The highest BCUT2D eigenvalue weighted by Crippen LogP contribution is 2.44. The van der Waals surface area contributed by atoms with Crippen molar-refractivity contribution in [3.63, 3.8) is 0 Å². The number of amides is 2. The Morgan fingerprint density at radius 2 is 1.95 bits per heavy atom. The fourth-order valence-corrected chi connectivity index (χ4v) is 4.15. The highest BCUT2D eigenvalue weighted by molar-refractivity contribution is 5.89. The van der Waals surface area contributed by atoms with Crippen LogP contribution in [0.15, 0.2) is 0 Å². The zero-order chi connectivity index (χ0) is 15.5. The minimum absolute atomic E-state index is 0.0158. The highest BCUT2D eigenvalue weighted by atomic mass is 16.2. The Bertz CT molecular complexity index is 386. The molecule has 0 aromatic heterocycles. The third-order valence-corrected chi connectivity index (χ3v) is 4.99. The summed E-state index contributed by atoms with van der Waals surface area (Å²) >= 11 is 0. The molecule has 1 aliphatic heterocycles. The molecule has 0 aromatic carbocycles. The van der Waals surface area contributed by atoms with Crippen LogP contribution in [0.4, 0.5) is 0 Å². The molecule has 1 heterocycles. The number of nitrogens with one attached hydrogen (secondary N) is 1. The maximum Gasteiger partial charge on any atom is 0.245 e. The lowest BCUT2D eigenvalue weighted by Gasteiger charge is -2.37. The van der Waals surface area contributed by atoms with Gasteiger partial charge in [-0.15, -0.1) is 0 Å². The van der Waals surface area contributed by atoms with E-state index in [1.165, 1.54) is 32.1 Å². The van der Waals surface area contributed by atoms with Gasteiger partial charge in [-0.25, -0.2) is 0 Å². The molecule has 1 N–H and O–H groups in total. The van der Waals surface area contributed by atoms with Crippen LogP contribution in [0.25, 0.3) is 0 Å². The van der Waals surface area contributed by atoms with Gasteiger partial charge in [0.2, 0.25) is 11.8 Å². The molecular formula is C17H30N2O2. The summed E-state index contributed by atoms with van der Waals surface area (Å²) < 4.78 is 0. The van der Waals surface area contributed by atoms with E-state index in [4.69, 9.17) is 0 Å². The van der Waals surface area contributed by atoms with Crippen molar-refractivity contribution < 1.29 is 9.59 Å². The van der Waals surface area contributed by atoms with Crippen LogP contribution in [0.5, 0.6) is 0 Å². The summed E-state index contributed by atoms with van der Waals surface area (Å²) in [4.78, 5) is 26.4. The highest BCUT2D eigenvalue weighted by Gasteiger charge is 2.39. The molecule has 0 aromatic rings. The van der Waals surface area contributed by atoms with Crippen LogP contribution in [-0.4, -0.2) is 35.8 Å². The van der Waals surface area contributed by atoms with E-state index in [0.717, 1.165) is 6.54 Å². The van der Waals surface area contributed by atoms with Crippen LogP contribution in [0.3, 0.4) is 0 Å². The normalized spacial score (nSPS) is 26.1. The van der Waals surface area contributed by atoms with Crippen molar-refractivity contribution in [3.05, 3.63) is 0 Å². The number of hydrogen-bond acceptors (Lipinski definition) is 2. The molecule has 2 aliphatic rings. The van der Waals surface area contributed by atoms with Crippen molar-refractivity contribution in [2.75, 3.05) is 13.1 Å². The smallest absolute Gasteiger partial charge is 0.245 e. The molecule has 1 saturated carbocycles. The van der Waals surface area contributed by atoms with Crippen molar-refractivity contribution in [2.45, 2.75) is 71.8 Å². The van der Waals surface area contributed by atoms with Crippen molar-refractivity contribution >= 4 is 11.8 Å². The van der Waals surface area contributed by atoms with Crippen molar-refractivity contribution in [1.82, 2.24) is 10.2 Å². The van der Waals surface area contributed by atoms with E-state index in [1.54, 1.807) is 0 Å². The second-order valence-electron chi connectivity index (χ2n) is 7.34. The van der Waals surface area contributed by atoms with E-state index >= 15 is 0 Å². The van der Waals surface area contributed by atoms with Gasteiger partial charge in [0.1, 0.15) is 6.04 Å². The summed E-state index contributed by atoms with van der Waals surface area (Å²) in [5.41, 5.74) is 0.287. The van der Waals surface area contributed by atoms with Gasteiger partial charge in [0.05, 0.1) is 0 Å². The lowest BCUT2D eigenvalue weighted by atomic mass is 9.78. The molecule has 1 aliphatic carbocycles. The van der Waals surface area contributed by atoms with Crippen LogP contribution >= 0.6 is 0 Å². The van der Waals surface area contributed by atoms with Gasteiger partial charge in [-0.1, -0.05) is 33.6 Å². The molecule has 0 radical (unpaired) electrons. The van der Waals surface area contributed by atoms with Gasteiger partial charge in [0.15, 0.2) is 0 Å². The maximum atomic E-state index is 12.6. The first kappa shape index (κ1) is 16.3. The standard InChI is InChI=1S/C17H30N2O2/c1-4-14-16(21)19(10-7-15(20)18-14)12-17(11-13(2)3)8-5-6-9-17/h13-14H,4-12H2,1-3H3,(H,18,20). The number of hydrogen-bond donors (Lipinski definition) is 1. The minimum atomic E-state index is -0.322. The van der Waals surface area contributed by atoms with E-state index in [-0.39, 0.29) is 23.3 Å². The first-order valence-electron chi connectivity index (χ1n) is 8.54. The van der Waals surface area contributed by atoms with Gasteiger partial charge >= 0.3 is 0 Å². The van der Waals surface area contributed by atoms with Gasteiger partial charge in [0, 0.05) is 19.5 Å². The zero-order valence-electron chi connectivity index (χ0n) is 13.8. The third kappa shape index (κ3) is 3.98. The van der Waals surface area contributed by atoms with Crippen LogP contribution in [-0.2, 0) is 9.59 Å². The van der Waals surface area contributed by atoms with Gasteiger partial charge in [-0.3, -0.25) is 9.59 Å². The molecule has 2 rings (SSSR count). The van der Waals surface area contributed by atoms with Crippen molar-refractivity contribution in [2.24, 2.45) is 11.3 Å². The summed E-state index contributed by atoms with van der Waals surface area (Å²) in [6.07, 6.45) is 7.33. The Labute approximate surface area is 128 Å². The van der Waals surface area contributed by atoms with E-state index in [1.807, 2.05) is 11.8 Å². The molecule has 4 heteroatoms. The summed E-state index contributed by atoms with van der Waals surface area (Å²) in [6.45, 7) is 7.93. The van der Waals surface area contributed by atoms with Crippen LogP contribution in [0, 0.1) is 11.3 Å². The number of carbonyl (C=O) groups excluding carboxylic acids is 2. The summed E-state index contributed by atoms with van der Waals surface area (Å²) in [5, 5.41) is 2.86. The maximum absolute atomic E-state index is 12.6. The number of carbonyl (C=O) groups is 2. The topological polar surface area (TPSA) is 49.4 Å². The lowest BCUT2D eigenvalue weighted by molar-refractivity contribution is -0.135. The number of rotatable bonds is 5. The first-order chi connectivity index (χ1) is 9.96. The van der Waals surface area contributed by atoms with E-state index in [2.05, 4.69) is 19.2 Å². The first-order valence-corrected chi connectivity index (χ1v) is 8.54. The van der Waals surface area contributed by atoms with Gasteiger partial charge in [-0.2, -0.15) is 0 Å². The molecule has 0 spiro atoms. The minimum Gasteiger partial charge on any atom is -0.344 e.